The highest BCUT2D eigenvalue weighted by molar-refractivity contribution is 7.09. The Morgan fingerprint density at radius 2 is 2.28 bits per heavy atom. The number of aliphatic hydroxyl groups excluding tert-OH is 1. The molecule has 1 N–H and O–H groups in total. The monoisotopic (exact) mass is 264 g/mol. The van der Waals surface area contributed by atoms with Crippen LogP contribution in [0.4, 0.5) is 0 Å². The largest absolute Gasteiger partial charge is 0.387 e. The molecule has 0 aromatic carbocycles. The SMILES string of the molecule is CCc1cc(C(O)CCc2cccs2)n(CC)n1. The molecule has 0 amide bonds. The summed E-state index contributed by atoms with van der Waals surface area (Å²) in [4.78, 5) is 1.33. The number of thiophene rings is 1. The highest BCUT2D eigenvalue weighted by Gasteiger charge is 2.14. The molecule has 0 aliphatic heterocycles. The van der Waals surface area contributed by atoms with Crippen LogP contribution in [0.15, 0.2) is 23.6 Å². The van der Waals surface area contributed by atoms with Gasteiger partial charge in [-0.2, -0.15) is 5.10 Å². The van der Waals surface area contributed by atoms with Gasteiger partial charge in [0.2, 0.25) is 0 Å². The molecule has 0 aliphatic rings. The Morgan fingerprint density at radius 3 is 2.89 bits per heavy atom. The Hall–Kier alpha value is -1.13. The van der Waals surface area contributed by atoms with Crippen molar-refractivity contribution in [2.24, 2.45) is 0 Å². The summed E-state index contributed by atoms with van der Waals surface area (Å²) in [6.45, 7) is 4.96. The quantitative estimate of drug-likeness (QED) is 0.870. The van der Waals surface area contributed by atoms with E-state index < -0.39 is 6.10 Å². The van der Waals surface area contributed by atoms with E-state index in [1.54, 1.807) is 11.3 Å². The second-order valence-electron chi connectivity index (χ2n) is 4.36. The van der Waals surface area contributed by atoms with Crippen molar-refractivity contribution in [1.29, 1.82) is 0 Å². The van der Waals surface area contributed by atoms with Gasteiger partial charge in [0.05, 0.1) is 17.5 Å². The molecule has 4 heteroatoms. The number of hydrogen-bond acceptors (Lipinski definition) is 3. The van der Waals surface area contributed by atoms with E-state index in [9.17, 15) is 5.11 Å². The van der Waals surface area contributed by atoms with E-state index in [-0.39, 0.29) is 0 Å². The van der Waals surface area contributed by atoms with Gasteiger partial charge in [-0.25, -0.2) is 0 Å². The van der Waals surface area contributed by atoms with Crippen LogP contribution in [0.25, 0.3) is 0 Å². The van der Waals surface area contributed by atoms with E-state index in [0.717, 1.165) is 37.2 Å². The average Bonchev–Trinajstić information content (AvgIpc) is 3.04. The third kappa shape index (κ3) is 3.00. The smallest absolute Gasteiger partial charge is 0.0960 e. The van der Waals surface area contributed by atoms with Crippen LogP contribution < -0.4 is 0 Å². The van der Waals surface area contributed by atoms with Crippen molar-refractivity contribution >= 4 is 11.3 Å². The van der Waals surface area contributed by atoms with Crippen LogP contribution in [-0.4, -0.2) is 14.9 Å². The summed E-state index contributed by atoms with van der Waals surface area (Å²) in [5.74, 6) is 0. The normalized spacial score (nSPS) is 12.8. The Labute approximate surface area is 112 Å². The molecule has 0 fully saturated rings. The van der Waals surface area contributed by atoms with Gasteiger partial charge in [0, 0.05) is 11.4 Å². The van der Waals surface area contributed by atoms with E-state index in [0.29, 0.717) is 0 Å². The van der Waals surface area contributed by atoms with Crippen LogP contribution in [0, 0.1) is 0 Å². The predicted molar refractivity (Wildman–Crippen MR) is 74.9 cm³/mol. The minimum absolute atomic E-state index is 0.417. The molecule has 2 rings (SSSR count). The number of aryl methyl sites for hydroxylation is 3. The molecular weight excluding hydrogens is 244 g/mol. The minimum Gasteiger partial charge on any atom is -0.387 e. The van der Waals surface area contributed by atoms with Crippen molar-refractivity contribution in [2.45, 2.75) is 45.8 Å². The lowest BCUT2D eigenvalue weighted by molar-refractivity contribution is 0.157. The van der Waals surface area contributed by atoms with E-state index >= 15 is 0 Å². The number of nitrogens with zero attached hydrogens (tertiary/aromatic N) is 2. The molecule has 0 radical (unpaired) electrons. The number of aliphatic hydroxyl groups is 1. The van der Waals surface area contributed by atoms with Gasteiger partial charge in [-0.3, -0.25) is 4.68 Å². The lowest BCUT2D eigenvalue weighted by Crippen LogP contribution is -2.08. The number of rotatable bonds is 6. The van der Waals surface area contributed by atoms with Gasteiger partial charge >= 0.3 is 0 Å². The Balaban J connectivity index is 2.03. The zero-order valence-electron chi connectivity index (χ0n) is 11.0. The molecule has 0 saturated heterocycles. The maximum absolute atomic E-state index is 10.3. The summed E-state index contributed by atoms with van der Waals surface area (Å²) >= 11 is 1.75. The fraction of sp³-hybridized carbons (Fsp3) is 0.500. The van der Waals surface area contributed by atoms with Crippen LogP contribution >= 0.6 is 11.3 Å². The maximum atomic E-state index is 10.3. The first-order valence-electron chi connectivity index (χ1n) is 6.51. The molecule has 0 spiro atoms. The molecule has 2 heterocycles. The standard InChI is InChI=1S/C14H20N2OS/c1-3-11-10-13(16(4-2)15-11)14(17)8-7-12-6-5-9-18-12/h5-6,9-10,14,17H,3-4,7-8H2,1-2H3. The van der Waals surface area contributed by atoms with Crippen LogP contribution in [0.3, 0.4) is 0 Å². The third-order valence-corrected chi connectivity index (χ3v) is 4.05. The van der Waals surface area contributed by atoms with Gasteiger partial charge in [-0.05, 0) is 43.7 Å². The van der Waals surface area contributed by atoms with E-state index in [4.69, 9.17) is 0 Å². The molecule has 18 heavy (non-hydrogen) atoms. The topological polar surface area (TPSA) is 38.0 Å². The molecule has 0 bridgehead atoms. The van der Waals surface area contributed by atoms with Gasteiger partial charge in [0.1, 0.15) is 0 Å². The highest BCUT2D eigenvalue weighted by Crippen LogP contribution is 2.22. The Morgan fingerprint density at radius 1 is 1.44 bits per heavy atom. The second-order valence-corrected chi connectivity index (χ2v) is 5.40. The first-order valence-corrected chi connectivity index (χ1v) is 7.39. The molecule has 1 atom stereocenters. The Bertz CT molecular complexity index is 476. The van der Waals surface area contributed by atoms with Crippen molar-refractivity contribution in [2.75, 3.05) is 0 Å². The first-order chi connectivity index (χ1) is 8.74. The zero-order valence-corrected chi connectivity index (χ0v) is 11.8. The van der Waals surface area contributed by atoms with E-state index in [1.165, 1.54) is 4.88 Å². The summed E-state index contributed by atoms with van der Waals surface area (Å²) in [5, 5.41) is 16.8. The molecule has 2 aromatic rings. The van der Waals surface area contributed by atoms with Gasteiger partial charge in [0.25, 0.3) is 0 Å². The van der Waals surface area contributed by atoms with Crippen molar-refractivity contribution < 1.29 is 5.11 Å². The zero-order chi connectivity index (χ0) is 13.0. The van der Waals surface area contributed by atoms with Crippen LogP contribution in [0.2, 0.25) is 0 Å². The average molecular weight is 264 g/mol. The second kappa shape index (κ2) is 6.16. The van der Waals surface area contributed by atoms with Crippen LogP contribution in [-0.2, 0) is 19.4 Å². The minimum atomic E-state index is -0.417. The fourth-order valence-corrected chi connectivity index (χ4v) is 2.79. The molecule has 0 saturated carbocycles. The molecule has 98 valence electrons. The Kier molecular flexibility index (Phi) is 4.55. The maximum Gasteiger partial charge on any atom is 0.0960 e. The summed E-state index contributed by atoms with van der Waals surface area (Å²) in [6, 6.07) is 6.20. The van der Waals surface area contributed by atoms with E-state index in [2.05, 4.69) is 36.5 Å². The summed E-state index contributed by atoms with van der Waals surface area (Å²) in [5.41, 5.74) is 2.01. The summed E-state index contributed by atoms with van der Waals surface area (Å²) < 4.78 is 1.91. The highest BCUT2D eigenvalue weighted by atomic mass is 32.1. The van der Waals surface area contributed by atoms with Crippen molar-refractivity contribution in [3.8, 4) is 0 Å². The fourth-order valence-electron chi connectivity index (χ4n) is 2.06. The molecule has 1 unspecified atom stereocenters. The molecule has 2 aromatic heterocycles. The summed E-state index contributed by atoms with van der Waals surface area (Å²) in [6.07, 6.45) is 2.18. The van der Waals surface area contributed by atoms with E-state index in [1.807, 2.05) is 10.7 Å². The molecule has 3 nitrogen and oxygen atoms in total. The van der Waals surface area contributed by atoms with Gasteiger partial charge < -0.3 is 5.11 Å². The summed E-state index contributed by atoms with van der Waals surface area (Å²) in [7, 11) is 0. The van der Waals surface area contributed by atoms with Crippen molar-refractivity contribution in [1.82, 2.24) is 9.78 Å². The van der Waals surface area contributed by atoms with Crippen molar-refractivity contribution in [3.05, 3.63) is 39.8 Å². The lowest BCUT2D eigenvalue weighted by Gasteiger charge is -2.11. The lowest BCUT2D eigenvalue weighted by atomic mass is 10.1. The van der Waals surface area contributed by atoms with Gasteiger partial charge in [-0.15, -0.1) is 11.3 Å². The predicted octanol–water partition coefficient (Wildman–Crippen LogP) is 3.19. The third-order valence-electron chi connectivity index (χ3n) is 3.11. The van der Waals surface area contributed by atoms with Gasteiger partial charge in [-0.1, -0.05) is 13.0 Å². The molecular formula is C14H20N2OS. The van der Waals surface area contributed by atoms with Crippen molar-refractivity contribution in [3.63, 3.8) is 0 Å². The van der Waals surface area contributed by atoms with Crippen LogP contribution in [0.5, 0.6) is 0 Å². The number of aromatic nitrogens is 2. The molecule has 0 aliphatic carbocycles. The first kappa shape index (κ1) is 13.3. The van der Waals surface area contributed by atoms with Crippen LogP contribution in [0.1, 0.15) is 42.6 Å². The number of hydrogen-bond donors (Lipinski definition) is 1. The van der Waals surface area contributed by atoms with Gasteiger partial charge in [0.15, 0.2) is 0 Å².